The third-order valence-electron chi connectivity index (χ3n) is 10.2. The van der Waals surface area contributed by atoms with Gasteiger partial charge in [-0.15, -0.1) is 0 Å². The van der Waals surface area contributed by atoms with Gasteiger partial charge in [0, 0.05) is 30.6 Å². The maximum atomic E-state index is 13.5. The van der Waals surface area contributed by atoms with Crippen molar-refractivity contribution in [2.45, 2.75) is 143 Å². The van der Waals surface area contributed by atoms with Gasteiger partial charge in [-0.25, -0.2) is 4.79 Å². The first kappa shape index (κ1) is 29.1. The van der Waals surface area contributed by atoms with E-state index in [1.165, 1.54) is 0 Å². The summed E-state index contributed by atoms with van der Waals surface area (Å²) in [7, 11) is 0. The van der Waals surface area contributed by atoms with Crippen molar-refractivity contribution in [3.63, 3.8) is 0 Å². The molecule has 0 aliphatic carbocycles. The fourth-order valence-corrected chi connectivity index (χ4v) is 6.49. The molecule has 0 spiro atoms. The molecular formula is C28H52N2O4. The van der Waals surface area contributed by atoms with Crippen molar-refractivity contribution in [3.8, 4) is 0 Å². The highest BCUT2D eigenvalue weighted by Gasteiger charge is 2.62. The Morgan fingerprint density at radius 3 is 1.53 bits per heavy atom. The molecule has 0 saturated carbocycles. The van der Waals surface area contributed by atoms with Gasteiger partial charge in [-0.2, -0.15) is 0 Å². The Kier molecular flexibility index (Phi) is 8.95. The molecule has 0 aromatic heterocycles. The van der Waals surface area contributed by atoms with E-state index in [-0.39, 0.29) is 28.3 Å². The molecule has 34 heavy (non-hydrogen) atoms. The van der Waals surface area contributed by atoms with Crippen LogP contribution in [0.1, 0.15) is 126 Å². The predicted octanol–water partition coefficient (Wildman–Crippen LogP) is 6.38. The normalized spacial score (nSPS) is 24.6. The lowest BCUT2D eigenvalue weighted by atomic mass is 9.64. The molecule has 2 rings (SSSR count). The lowest BCUT2D eigenvalue weighted by molar-refractivity contribution is -0.227. The Morgan fingerprint density at radius 2 is 1.12 bits per heavy atom. The number of carbonyl (C=O) groups is 2. The molecule has 2 saturated heterocycles. The van der Waals surface area contributed by atoms with Crippen molar-refractivity contribution in [1.82, 2.24) is 9.80 Å². The SMILES string of the molecule is CC1(C)CCCN(C(CCCCCCCC(=O)O)(C(=O)O)N2CCCC(C)(C)C2(C)C)C1(C)C. The summed E-state index contributed by atoms with van der Waals surface area (Å²) in [6.07, 6.45) is 9.34. The van der Waals surface area contributed by atoms with Gasteiger partial charge in [0.25, 0.3) is 0 Å². The van der Waals surface area contributed by atoms with Crippen LogP contribution >= 0.6 is 0 Å². The zero-order valence-electron chi connectivity index (χ0n) is 23.3. The minimum atomic E-state index is -1.05. The van der Waals surface area contributed by atoms with E-state index in [1.54, 1.807) is 0 Å². The quantitative estimate of drug-likeness (QED) is 0.334. The average molecular weight is 481 g/mol. The maximum Gasteiger partial charge on any atom is 0.339 e. The summed E-state index contributed by atoms with van der Waals surface area (Å²) < 4.78 is 0. The van der Waals surface area contributed by atoms with Gasteiger partial charge in [0.05, 0.1) is 0 Å². The molecule has 0 bridgehead atoms. The van der Waals surface area contributed by atoms with E-state index in [0.29, 0.717) is 12.8 Å². The molecule has 2 heterocycles. The lowest BCUT2D eigenvalue weighted by Crippen LogP contribution is -2.79. The Bertz CT molecular complexity index is 688. The van der Waals surface area contributed by atoms with Crippen molar-refractivity contribution in [1.29, 1.82) is 0 Å². The van der Waals surface area contributed by atoms with Crippen LogP contribution < -0.4 is 0 Å². The van der Waals surface area contributed by atoms with Gasteiger partial charge >= 0.3 is 11.9 Å². The average Bonchev–Trinajstić information content (AvgIpc) is 2.69. The number of carboxylic acids is 2. The molecule has 0 radical (unpaired) electrons. The van der Waals surface area contributed by atoms with Crippen molar-refractivity contribution in [2.24, 2.45) is 10.8 Å². The topological polar surface area (TPSA) is 81.1 Å². The van der Waals surface area contributed by atoms with Crippen molar-refractivity contribution in [2.75, 3.05) is 13.1 Å². The summed E-state index contributed by atoms with van der Waals surface area (Å²) in [4.78, 5) is 29.0. The van der Waals surface area contributed by atoms with E-state index in [9.17, 15) is 14.7 Å². The van der Waals surface area contributed by atoms with Crippen LogP contribution in [0.15, 0.2) is 0 Å². The molecule has 2 N–H and O–H groups in total. The van der Waals surface area contributed by atoms with Crippen LogP contribution in [0.2, 0.25) is 0 Å². The van der Waals surface area contributed by atoms with Gasteiger partial charge < -0.3 is 10.2 Å². The van der Waals surface area contributed by atoms with Gasteiger partial charge in [-0.05, 0) is 83.5 Å². The number of piperidine rings is 2. The summed E-state index contributed by atoms with van der Waals surface area (Å²) in [5.74, 6) is -1.45. The summed E-state index contributed by atoms with van der Waals surface area (Å²) in [6.45, 7) is 19.8. The monoisotopic (exact) mass is 480 g/mol. The molecule has 2 aliphatic rings. The van der Waals surface area contributed by atoms with Crippen LogP contribution in [-0.2, 0) is 9.59 Å². The zero-order chi connectivity index (χ0) is 26.0. The van der Waals surface area contributed by atoms with Crippen LogP contribution in [0.25, 0.3) is 0 Å². The number of unbranched alkanes of at least 4 members (excludes halogenated alkanes) is 4. The van der Waals surface area contributed by atoms with Crippen LogP contribution in [0.5, 0.6) is 0 Å². The highest BCUT2D eigenvalue weighted by atomic mass is 16.4. The van der Waals surface area contributed by atoms with E-state index >= 15 is 0 Å². The molecule has 0 amide bonds. The summed E-state index contributed by atoms with van der Waals surface area (Å²) in [5, 5.41) is 20.0. The van der Waals surface area contributed by atoms with E-state index in [4.69, 9.17) is 5.11 Å². The van der Waals surface area contributed by atoms with Crippen molar-refractivity contribution in [3.05, 3.63) is 0 Å². The number of hydrogen-bond acceptors (Lipinski definition) is 4. The third kappa shape index (κ3) is 5.33. The molecule has 2 fully saturated rings. The van der Waals surface area contributed by atoms with Crippen LogP contribution in [0, 0.1) is 10.8 Å². The second-order valence-electron chi connectivity index (χ2n) is 13.2. The van der Waals surface area contributed by atoms with Gasteiger partial charge in [0.15, 0.2) is 5.66 Å². The van der Waals surface area contributed by atoms with Gasteiger partial charge in [0.2, 0.25) is 0 Å². The minimum Gasteiger partial charge on any atom is -0.481 e. The van der Waals surface area contributed by atoms with E-state index in [1.807, 2.05) is 0 Å². The van der Waals surface area contributed by atoms with Crippen LogP contribution in [0.3, 0.4) is 0 Å². The number of carboxylic acid groups (broad SMARTS) is 2. The minimum absolute atomic E-state index is 0.0121. The molecule has 6 heteroatoms. The molecule has 0 atom stereocenters. The van der Waals surface area contributed by atoms with Crippen LogP contribution in [0.4, 0.5) is 0 Å². The molecule has 0 aromatic rings. The number of hydrogen-bond donors (Lipinski definition) is 2. The maximum absolute atomic E-state index is 13.5. The number of likely N-dealkylation sites (tertiary alicyclic amines) is 2. The van der Waals surface area contributed by atoms with Gasteiger partial charge in [-0.1, -0.05) is 47.0 Å². The molecule has 0 unspecified atom stereocenters. The van der Waals surface area contributed by atoms with E-state index < -0.39 is 17.6 Å². The standard InChI is InChI=1S/C28H52N2O4/c1-24(2)17-14-20-29(26(24,5)6)28(23(33)34,19-13-11-9-10-12-16-22(31)32)30-21-15-18-25(3,4)27(30,7)8/h9-21H2,1-8H3,(H,31,32)(H,33,34). The second kappa shape index (κ2) is 10.5. The molecule has 198 valence electrons. The summed E-state index contributed by atoms with van der Waals surface area (Å²) in [5.41, 5.74) is -1.55. The van der Waals surface area contributed by atoms with Crippen molar-refractivity contribution < 1.29 is 19.8 Å². The molecule has 0 aromatic carbocycles. The summed E-state index contributed by atoms with van der Waals surface area (Å²) in [6, 6.07) is 0. The third-order valence-corrected chi connectivity index (χ3v) is 10.2. The Balaban J connectivity index is 2.42. The lowest BCUT2D eigenvalue weighted by Gasteiger charge is -2.66. The predicted molar refractivity (Wildman–Crippen MR) is 138 cm³/mol. The Hall–Kier alpha value is -1.14. The van der Waals surface area contributed by atoms with Gasteiger partial charge in [-0.3, -0.25) is 14.6 Å². The zero-order valence-corrected chi connectivity index (χ0v) is 23.3. The fourth-order valence-electron chi connectivity index (χ4n) is 6.49. The van der Waals surface area contributed by atoms with E-state index in [0.717, 1.165) is 64.5 Å². The molecular weight excluding hydrogens is 428 g/mol. The Labute approximate surface area is 208 Å². The fraction of sp³-hybridized carbons (Fsp3) is 0.929. The number of aliphatic carboxylic acids is 2. The highest BCUT2D eigenvalue weighted by Crippen LogP contribution is 2.53. The second-order valence-corrected chi connectivity index (χ2v) is 13.2. The number of nitrogens with zero attached hydrogens (tertiary/aromatic N) is 2. The molecule has 2 aliphatic heterocycles. The first-order valence-electron chi connectivity index (χ1n) is 13.5. The van der Waals surface area contributed by atoms with Gasteiger partial charge in [0.1, 0.15) is 0 Å². The summed E-state index contributed by atoms with van der Waals surface area (Å²) >= 11 is 0. The van der Waals surface area contributed by atoms with Crippen molar-refractivity contribution >= 4 is 11.9 Å². The number of rotatable bonds is 11. The molecule has 6 nitrogen and oxygen atoms in total. The van der Waals surface area contributed by atoms with E-state index in [2.05, 4.69) is 65.2 Å². The smallest absolute Gasteiger partial charge is 0.339 e. The first-order valence-corrected chi connectivity index (χ1v) is 13.5. The highest BCUT2D eigenvalue weighted by molar-refractivity contribution is 5.79. The largest absolute Gasteiger partial charge is 0.481 e. The first-order chi connectivity index (χ1) is 15.5. The van der Waals surface area contributed by atoms with Crippen LogP contribution in [-0.4, -0.2) is 61.8 Å². The Morgan fingerprint density at radius 1 is 0.706 bits per heavy atom.